The summed E-state index contributed by atoms with van der Waals surface area (Å²) in [6.45, 7) is 12.3. The molecule has 0 spiro atoms. The minimum atomic E-state index is -1.73. The molecule has 2 saturated heterocycles. The summed E-state index contributed by atoms with van der Waals surface area (Å²) in [4.78, 5) is 85.1. The molecule has 0 bridgehead atoms. The molecule has 2 aliphatic heterocycles. The number of thioether (sulfide) groups is 1. The zero-order valence-electron chi connectivity index (χ0n) is 28.5. The van der Waals surface area contributed by atoms with E-state index in [1.807, 2.05) is 20.8 Å². The van der Waals surface area contributed by atoms with Crippen LogP contribution in [0.4, 0.5) is 0 Å². The van der Waals surface area contributed by atoms with Gasteiger partial charge in [0.1, 0.15) is 37.0 Å². The van der Waals surface area contributed by atoms with Gasteiger partial charge in [0, 0.05) is 53.2 Å². The lowest BCUT2D eigenvalue weighted by Gasteiger charge is -2.49. The molecule has 2 fully saturated rings. The van der Waals surface area contributed by atoms with E-state index in [0.717, 1.165) is 48.5 Å². The molecular formula is C30H44O17S. The maximum Gasteiger partial charge on any atom is 0.303 e. The largest absolute Gasteiger partial charge is 0.463 e. The van der Waals surface area contributed by atoms with Crippen molar-refractivity contribution in [1.82, 2.24) is 0 Å². The summed E-state index contributed by atoms with van der Waals surface area (Å²) in [6, 6.07) is 0. The minimum Gasteiger partial charge on any atom is -0.463 e. The molecule has 0 aliphatic carbocycles. The lowest BCUT2D eigenvalue weighted by molar-refractivity contribution is -0.341. The molecular weight excluding hydrogens is 664 g/mol. The van der Waals surface area contributed by atoms with Crippen LogP contribution >= 0.6 is 11.8 Å². The van der Waals surface area contributed by atoms with Gasteiger partial charge in [-0.25, -0.2) is 0 Å². The molecule has 0 aromatic rings. The van der Waals surface area contributed by atoms with Crippen molar-refractivity contribution in [2.45, 2.75) is 135 Å². The van der Waals surface area contributed by atoms with E-state index >= 15 is 0 Å². The van der Waals surface area contributed by atoms with E-state index in [9.17, 15) is 33.6 Å². The number of ether oxygens (including phenoxy) is 10. The minimum absolute atomic E-state index is 0.447. The predicted molar refractivity (Wildman–Crippen MR) is 161 cm³/mol. The molecule has 272 valence electrons. The maximum absolute atomic E-state index is 12.5. The molecule has 48 heavy (non-hydrogen) atoms. The van der Waals surface area contributed by atoms with Crippen molar-refractivity contribution in [3.05, 3.63) is 0 Å². The summed E-state index contributed by atoms with van der Waals surface area (Å²) in [5.74, 6) is -5.56. The van der Waals surface area contributed by atoms with Crippen molar-refractivity contribution in [2.75, 3.05) is 13.2 Å². The van der Waals surface area contributed by atoms with E-state index in [2.05, 4.69) is 0 Å². The standard InChI is InChI=1S/C30H44O17S/c1-13(31)38-11-20-22(40-15(3)33)24(41-16(4)34)26(43-18(6)36)28(45-20)47-23-21(12-39-14(2)32)46-29(48-30(8,9)10)27(44-19(7)37)25(23)42-17(5)35/h20-29H,11-12H2,1-10H3/t20-,21-,22+,23-,24+,25+,26-,27-,28+,29?/m1/s1. The second-order valence-electron chi connectivity index (χ2n) is 11.9. The number of esters is 7. The Bertz CT molecular complexity index is 1200. The smallest absolute Gasteiger partial charge is 0.303 e. The van der Waals surface area contributed by atoms with Gasteiger partial charge < -0.3 is 47.4 Å². The van der Waals surface area contributed by atoms with Crippen LogP contribution in [0.2, 0.25) is 0 Å². The van der Waals surface area contributed by atoms with Crippen LogP contribution in [0.15, 0.2) is 0 Å². The van der Waals surface area contributed by atoms with Crippen molar-refractivity contribution in [3.63, 3.8) is 0 Å². The van der Waals surface area contributed by atoms with E-state index in [4.69, 9.17) is 47.4 Å². The van der Waals surface area contributed by atoms with Gasteiger partial charge in [-0.15, -0.1) is 11.8 Å². The van der Waals surface area contributed by atoms with Gasteiger partial charge in [-0.3, -0.25) is 33.6 Å². The molecule has 0 radical (unpaired) electrons. The number of carbonyl (C=O) groups excluding carboxylic acids is 7. The van der Waals surface area contributed by atoms with E-state index in [1.165, 1.54) is 11.8 Å². The quantitative estimate of drug-likeness (QED) is 0.205. The van der Waals surface area contributed by atoms with Crippen molar-refractivity contribution < 1.29 is 80.9 Å². The molecule has 17 nitrogen and oxygen atoms in total. The normalized spacial score (nSPS) is 30.2. The molecule has 0 saturated carbocycles. The zero-order chi connectivity index (χ0) is 36.5. The third-order valence-corrected chi connectivity index (χ3v) is 7.67. The van der Waals surface area contributed by atoms with Gasteiger partial charge in [0.15, 0.2) is 36.8 Å². The van der Waals surface area contributed by atoms with E-state index in [-0.39, 0.29) is 0 Å². The fraction of sp³-hybridized carbons (Fsp3) is 0.767. The van der Waals surface area contributed by atoms with Crippen LogP contribution in [0.5, 0.6) is 0 Å². The van der Waals surface area contributed by atoms with Crippen LogP contribution in [-0.2, 0) is 80.9 Å². The van der Waals surface area contributed by atoms with Gasteiger partial charge in [0.05, 0.1) is 0 Å². The summed E-state index contributed by atoms with van der Waals surface area (Å²) < 4.78 is 56.2. The van der Waals surface area contributed by atoms with E-state index in [1.54, 1.807) is 0 Å². The highest BCUT2D eigenvalue weighted by molar-refractivity contribution is 8.01. The summed E-state index contributed by atoms with van der Waals surface area (Å²) in [5.41, 5.74) is -0.978. The highest BCUT2D eigenvalue weighted by Crippen LogP contribution is 2.41. The molecule has 0 aromatic heterocycles. The van der Waals surface area contributed by atoms with Gasteiger partial charge in [-0.05, 0) is 0 Å². The Hall–Kier alpha value is -3.48. The highest BCUT2D eigenvalue weighted by atomic mass is 32.2. The SMILES string of the molecule is CC(=O)OC[C@H]1O[C@@H](O[C@H]2[C@H](OC(C)=O)[C@@H](OC(C)=O)C(SC(C)(C)C)O[C@@H]2COC(C)=O)[C@H](OC(C)=O)[C@@H](OC(C)=O)[C@H]1OC(C)=O. The second-order valence-corrected chi connectivity index (χ2v) is 13.8. The summed E-state index contributed by atoms with van der Waals surface area (Å²) in [6.07, 6.45) is -13.2. The van der Waals surface area contributed by atoms with Gasteiger partial charge in [-0.2, -0.15) is 0 Å². The van der Waals surface area contributed by atoms with Crippen LogP contribution in [0.3, 0.4) is 0 Å². The predicted octanol–water partition coefficient (Wildman–Crippen LogP) is 1.14. The molecule has 0 amide bonds. The van der Waals surface area contributed by atoms with Crippen molar-refractivity contribution in [2.24, 2.45) is 0 Å². The van der Waals surface area contributed by atoms with E-state index in [0.29, 0.717) is 0 Å². The Labute approximate surface area is 282 Å². The first kappa shape index (κ1) is 40.7. The maximum atomic E-state index is 12.5. The summed E-state index contributed by atoms with van der Waals surface area (Å²) >= 11 is 1.23. The van der Waals surface area contributed by atoms with Crippen LogP contribution in [-0.4, -0.2) is 120 Å². The first-order valence-corrected chi connectivity index (χ1v) is 15.8. The lowest BCUT2D eigenvalue weighted by Crippen LogP contribution is -2.67. The third-order valence-electron chi connectivity index (χ3n) is 6.36. The van der Waals surface area contributed by atoms with Gasteiger partial charge >= 0.3 is 41.8 Å². The van der Waals surface area contributed by atoms with Gasteiger partial charge in [0.25, 0.3) is 0 Å². The van der Waals surface area contributed by atoms with Crippen LogP contribution in [0, 0.1) is 0 Å². The monoisotopic (exact) mass is 708 g/mol. The van der Waals surface area contributed by atoms with Crippen molar-refractivity contribution in [3.8, 4) is 0 Å². The molecule has 1 unspecified atom stereocenters. The molecule has 2 aliphatic rings. The highest BCUT2D eigenvalue weighted by Gasteiger charge is 2.57. The topological polar surface area (TPSA) is 212 Å². The Morgan fingerprint density at radius 3 is 1.29 bits per heavy atom. The van der Waals surface area contributed by atoms with E-state index < -0.39 is 120 Å². The third kappa shape index (κ3) is 12.9. The molecule has 10 atom stereocenters. The van der Waals surface area contributed by atoms with Crippen LogP contribution in [0.25, 0.3) is 0 Å². The number of rotatable bonds is 12. The molecule has 2 heterocycles. The first-order chi connectivity index (χ1) is 22.2. The average Bonchev–Trinajstić information content (AvgIpc) is 2.90. The Kier molecular flexibility index (Phi) is 15.1. The number of hydrogen-bond acceptors (Lipinski definition) is 18. The molecule has 0 N–H and O–H groups in total. The Morgan fingerprint density at radius 2 is 0.875 bits per heavy atom. The summed E-state index contributed by atoms with van der Waals surface area (Å²) in [7, 11) is 0. The number of carbonyl (C=O) groups is 7. The fourth-order valence-corrected chi connectivity index (χ4v) is 6.16. The first-order valence-electron chi connectivity index (χ1n) is 15.0. The van der Waals surface area contributed by atoms with Crippen molar-refractivity contribution >= 4 is 53.5 Å². The summed E-state index contributed by atoms with van der Waals surface area (Å²) in [5, 5.41) is 0. The van der Waals surface area contributed by atoms with Gasteiger partial charge in [0.2, 0.25) is 0 Å². The Balaban J connectivity index is 2.75. The van der Waals surface area contributed by atoms with Crippen molar-refractivity contribution in [1.29, 1.82) is 0 Å². The Morgan fingerprint density at radius 1 is 0.500 bits per heavy atom. The van der Waals surface area contributed by atoms with Crippen LogP contribution in [0.1, 0.15) is 69.2 Å². The number of hydrogen-bond donors (Lipinski definition) is 0. The molecule has 0 aromatic carbocycles. The fourth-order valence-electron chi connectivity index (χ4n) is 4.92. The lowest BCUT2D eigenvalue weighted by atomic mass is 9.96. The van der Waals surface area contributed by atoms with Gasteiger partial charge in [-0.1, -0.05) is 20.8 Å². The molecule has 2 rings (SSSR count). The molecule has 18 heteroatoms. The zero-order valence-corrected chi connectivity index (χ0v) is 29.4. The second kappa shape index (κ2) is 17.8. The average molecular weight is 709 g/mol. The van der Waals surface area contributed by atoms with Crippen LogP contribution < -0.4 is 0 Å².